The van der Waals surface area contributed by atoms with Crippen molar-refractivity contribution >= 4 is 0 Å². The summed E-state index contributed by atoms with van der Waals surface area (Å²) in [6.07, 6.45) is 2.90. The third kappa shape index (κ3) is 4.44. The average molecular weight is 332 g/mol. The van der Waals surface area contributed by atoms with E-state index in [1.165, 1.54) is 0 Å². The van der Waals surface area contributed by atoms with Gasteiger partial charge in [-0.05, 0) is 12.8 Å². The van der Waals surface area contributed by atoms with Crippen LogP contribution in [0.4, 0.5) is 0 Å². The molecule has 2 saturated heterocycles. The smallest absolute Gasteiger partial charge is 0.172 e. The molecule has 2 rings (SSSR count). The summed E-state index contributed by atoms with van der Waals surface area (Å²) in [5, 5.41) is 19.2. The van der Waals surface area contributed by atoms with Crippen molar-refractivity contribution in [2.24, 2.45) is 10.8 Å². The molecule has 2 heterocycles. The molecule has 1 spiro atoms. The van der Waals surface area contributed by atoms with Crippen molar-refractivity contribution in [3.8, 4) is 0 Å². The van der Waals surface area contributed by atoms with Crippen molar-refractivity contribution in [1.29, 1.82) is 0 Å². The first kappa shape index (κ1) is 19.1. The summed E-state index contributed by atoms with van der Waals surface area (Å²) >= 11 is 0. The quantitative estimate of drug-likeness (QED) is 0.809. The van der Waals surface area contributed by atoms with Gasteiger partial charge in [0.15, 0.2) is 5.79 Å². The van der Waals surface area contributed by atoms with E-state index in [2.05, 4.69) is 0 Å². The second-order valence-corrected chi connectivity index (χ2v) is 7.12. The number of aliphatic hydroxyl groups excluding tert-OH is 2. The van der Waals surface area contributed by atoms with Gasteiger partial charge in [0, 0.05) is 23.7 Å². The average Bonchev–Trinajstić information content (AvgIpc) is 2.62. The van der Waals surface area contributed by atoms with Gasteiger partial charge in [-0.1, -0.05) is 13.8 Å². The standard InChI is InChI=1S/C17H32O6/c1-3-15(9-18)11-20-7-5-17(6-8-21-12-15)22-13-16(4-2,10-19)14-23-17/h18-19H,3-14H2,1-2H3. The highest BCUT2D eigenvalue weighted by atomic mass is 16.7. The molecular weight excluding hydrogens is 300 g/mol. The van der Waals surface area contributed by atoms with E-state index < -0.39 is 5.79 Å². The Hall–Kier alpha value is -0.240. The van der Waals surface area contributed by atoms with Gasteiger partial charge in [0.1, 0.15) is 0 Å². The molecule has 23 heavy (non-hydrogen) atoms. The number of aliphatic hydroxyl groups is 2. The Kier molecular flexibility index (Phi) is 6.83. The second-order valence-electron chi connectivity index (χ2n) is 7.12. The van der Waals surface area contributed by atoms with Crippen molar-refractivity contribution in [3.63, 3.8) is 0 Å². The first-order chi connectivity index (χ1) is 11.1. The highest BCUT2D eigenvalue weighted by molar-refractivity contribution is 4.86. The lowest BCUT2D eigenvalue weighted by atomic mass is 9.86. The summed E-state index contributed by atoms with van der Waals surface area (Å²) in [5.74, 6) is -0.681. The molecule has 2 fully saturated rings. The van der Waals surface area contributed by atoms with Gasteiger partial charge in [-0.25, -0.2) is 0 Å². The van der Waals surface area contributed by atoms with E-state index in [9.17, 15) is 10.2 Å². The second kappa shape index (κ2) is 8.23. The van der Waals surface area contributed by atoms with E-state index in [-0.39, 0.29) is 24.0 Å². The molecule has 0 bridgehead atoms. The molecule has 0 aliphatic carbocycles. The molecule has 2 aliphatic heterocycles. The molecule has 0 unspecified atom stereocenters. The molecule has 0 saturated carbocycles. The lowest BCUT2D eigenvalue weighted by molar-refractivity contribution is -0.321. The fraction of sp³-hybridized carbons (Fsp3) is 1.00. The number of ether oxygens (including phenoxy) is 4. The molecule has 0 atom stereocenters. The minimum atomic E-state index is -0.681. The van der Waals surface area contributed by atoms with Crippen LogP contribution in [0, 0.1) is 10.8 Å². The molecule has 0 aromatic carbocycles. The SMILES string of the molecule is CCC1(CO)COCCC2(CCOC1)OCC(CC)(CO)CO2. The largest absolute Gasteiger partial charge is 0.396 e. The topological polar surface area (TPSA) is 77.4 Å². The molecule has 2 aliphatic rings. The van der Waals surface area contributed by atoms with Gasteiger partial charge in [0.2, 0.25) is 0 Å². The minimum Gasteiger partial charge on any atom is -0.396 e. The predicted molar refractivity (Wildman–Crippen MR) is 85.1 cm³/mol. The molecular formula is C17H32O6. The highest BCUT2D eigenvalue weighted by Crippen LogP contribution is 2.37. The molecule has 0 radical (unpaired) electrons. The summed E-state index contributed by atoms with van der Waals surface area (Å²) in [6.45, 7) is 7.23. The maximum atomic E-state index is 9.64. The third-order valence-corrected chi connectivity index (χ3v) is 5.52. The van der Waals surface area contributed by atoms with E-state index >= 15 is 0 Å². The summed E-state index contributed by atoms with van der Waals surface area (Å²) in [5.41, 5.74) is -0.608. The van der Waals surface area contributed by atoms with Crippen LogP contribution in [-0.4, -0.2) is 68.9 Å². The lowest BCUT2D eigenvalue weighted by Gasteiger charge is -2.46. The van der Waals surface area contributed by atoms with E-state index in [0.29, 0.717) is 52.5 Å². The Bertz CT molecular complexity index is 325. The van der Waals surface area contributed by atoms with Crippen LogP contribution in [0.5, 0.6) is 0 Å². The van der Waals surface area contributed by atoms with E-state index in [1.54, 1.807) is 0 Å². The van der Waals surface area contributed by atoms with Crippen LogP contribution in [0.3, 0.4) is 0 Å². The van der Waals surface area contributed by atoms with Crippen LogP contribution in [0.15, 0.2) is 0 Å². The maximum Gasteiger partial charge on any atom is 0.172 e. The fourth-order valence-electron chi connectivity index (χ4n) is 2.96. The van der Waals surface area contributed by atoms with Gasteiger partial charge in [-0.15, -0.1) is 0 Å². The van der Waals surface area contributed by atoms with E-state index in [0.717, 1.165) is 12.8 Å². The molecule has 6 nitrogen and oxygen atoms in total. The van der Waals surface area contributed by atoms with Crippen molar-refractivity contribution in [2.45, 2.75) is 45.3 Å². The zero-order valence-electron chi connectivity index (χ0n) is 14.5. The first-order valence-electron chi connectivity index (χ1n) is 8.72. The summed E-state index contributed by atoms with van der Waals surface area (Å²) in [7, 11) is 0. The number of hydrogen-bond acceptors (Lipinski definition) is 6. The summed E-state index contributed by atoms with van der Waals surface area (Å²) in [4.78, 5) is 0. The van der Waals surface area contributed by atoms with Crippen LogP contribution in [0.25, 0.3) is 0 Å². The van der Waals surface area contributed by atoms with Gasteiger partial charge in [-0.2, -0.15) is 0 Å². The molecule has 2 N–H and O–H groups in total. The molecule has 0 aromatic rings. The Morgan fingerprint density at radius 2 is 1.17 bits per heavy atom. The van der Waals surface area contributed by atoms with E-state index in [1.807, 2.05) is 13.8 Å². The highest BCUT2D eigenvalue weighted by Gasteiger charge is 2.44. The molecule has 0 aromatic heterocycles. The summed E-state index contributed by atoms with van der Waals surface area (Å²) in [6, 6.07) is 0. The molecule has 0 amide bonds. The van der Waals surface area contributed by atoms with Gasteiger partial charge < -0.3 is 29.2 Å². The van der Waals surface area contributed by atoms with Crippen molar-refractivity contribution in [3.05, 3.63) is 0 Å². The minimum absolute atomic E-state index is 0.0666. The maximum absolute atomic E-state index is 9.64. The van der Waals surface area contributed by atoms with E-state index in [4.69, 9.17) is 18.9 Å². The van der Waals surface area contributed by atoms with Crippen molar-refractivity contribution < 1.29 is 29.2 Å². The van der Waals surface area contributed by atoms with Crippen molar-refractivity contribution in [2.75, 3.05) is 52.9 Å². The summed E-state index contributed by atoms with van der Waals surface area (Å²) < 4.78 is 23.7. The monoisotopic (exact) mass is 332 g/mol. The van der Waals surface area contributed by atoms with Crippen LogP contribution in [0.1, 0.15) is 39.5 Å². The first-order valence-corrected chi connectivity index (χ1v) is 8.72. The van der Waals surface area contributed by atoms with Gasteiger partial charge >= 0.3 is 0 Å². The zero-order valence-corrected chi connectivity index (χ0v) is 14.5. The van der Waals surface area contributed by atoms with Gasteiger partial charge in [-0.3, -0.25) is 0 Å². The van der Waals surface area contributed by atoms with Crippen LogP contribution >= 0.6 is 0 Å². The van der Waals surface area contributed by atoms with Gasteiger partial charge in [0.05, 0.1) is 52.9 Å². The Balaban J connectivity index is 1.94. The Morgan fingerprint density at radius 1 is 0.739 bits per heavy atom. The third-order valence-electron chi connectivity index (χ3n) is 5.52. The van der Waals surface area contributed by atoms with Crippen LogP contribution in [-0.2, 0) is 18.9 Å². The Morgan fingerprint density at radius 3 is 1.57 bits per heavy atom. The fourth-order valence-corrected chi connectivity index (χ4v) is 2.96. The van der Waals surface area contributed by atoms with Crippen LogP contribution in [0.2, 0.25) is 0 Å². The van der Waals surface area contributed by atoms with Crippen LogP contribution < -0.4 is 0 Å². The molecule has 6 heteroatoms. The predicted octanol–water partition coefficient (Wildman–Crippen LogP) is 1.33. The normalized spacial score (nSPS) is 40.2. The number of hydrogen-bond donors (Lipinski definition) is 2. The van der Waals surface area contributed by atoms with Crippen molar-refractivity contribution in [1.82, 2.24) is 0 Å². The van der Waals surface area contributed by atoms with Gasteiger partial charge in [0.25, 0.3) is 0 Å². The lowest BCUT2D eigenvalue weighted by Crippen LogP contribution is -2.52. The Labute approximate surface area is 139 Å². The molecule has 136 valence electrons. The number of rotatable bonds is 4. The zero-order chi connectivity index (χ0) is 16.8.